The maximum absolute atomic E-state index is 12.8. The Morgan fingerprint density at radius 3 is 2.67 bits per heavy atom. The molecule has 2 aromatic rings. The second kappa shape index (κ2) is 7.07. The molecule has 0 spiro atoms. The first-order chi connectivity index (χ1) is 11.5. The number of carbonyl (C=O) groups is 2. The average molecular weight is 349 g/mol. The molecule has 1 saturated heterocycles. The lowest BCUT2D eigenvalue weighted by molar-refractivity contribution is -0.883. The lowest BCUT2D eigenvalue weighted by atomic mass is 10.1. The van der Waals surface area contributed by atoms with E-state index in [0.717, 1.165) is 13.1 Å². The van der Waals surface area contributed by atoms with E-state index >= 15 is 0 Å². The average Bonchev–Trinajstić information content (AvgIpc) is 3.11. The van der Waals surface area contributed by atoms with Crippen LogP contribution >= 0.6 is 11.6 Å². The summed E-state index contributed by atoms with van der Waals surface area (Å²) in [7, 11) is 2.11. The highest BCUT2D eigenvalue weighted by Gasteiger charge is 2.25. The lowest BCUT2D eigenvalue weighted by Gasteiger charge is -2.30. The van der Waals surface area contributed by atoms with Crippen LogP contribution in [0.3, 0.4) is 0 Å². The number of carbonyl (C=O) groups excluding carboxylic acids is 2. The molecule has 0 atom stereocenters. The Labute approximate surface area is 145 Å². The first kappa shape index (κ1) is 16.5. The molecular weight excluding hydrogens is 330 g/mol. The second-order valence-corrected chi connectivity index (χ2v) is 6.31. The van der Waals surface area contributed by atoms with Gasteiger partial charge < -0.3 is 19.5 Å². The van der Waals surface area contributed by atoms with Crippen LogP contribution in [0.2, 0.25) is 5.02 Å². The lowest BCUT2D eigenvalue weighted by Crippen LogP contribution is -3.12. The summed E-state index contributed by atoms with van der Waals surface area (Å²) in [6.45, 7) is 3.17. The van der Waals surface area contributed by atoms with Gasteiger partial charge in [0.25, 0.3) is 11.8 Å². The second-order valence-electron chi connectivity index (χ2n) is 5.87. The molecule has 126 valence electrons. The Kier molecular flexibility index (Phi) is 4.87. The number of rotatable bonds is 3. The molecule has 1 aromatic carbocycles. The minimum atomic E-state index is -0.404. The number of amides is 2. The SMILES string of the molecule is C[NH+]1CCN(C(=O)c2cc(Cl)ccc2NC(=O)c2ccco2)CC1. The Balaban J connectivity index is 1.83. The number of benzene rings is 1. The number of quaternary nitrogens is 1. The number of hydrogen-bond acceptors (Lipinski definition) is 3. The van der Waals surface area contributed by atoms with Crippen LogP contribution in [0.5, 0.6) is 0 Å². The number of piperazine rings is 1. The fourth-order valence-electron chi connectivity index (χ4n) is 2.66. The van der Waals surface area contributed by atoms with Gasteiger partial charge in [-0.2, -0.15) is 0 Å². The molecule has 2 heterocycles. The van der Waals surface area contributed by atoms with E-state index in [1.807, 2.05) is 0 Å². The number of furan rings is 1. The maximum Gasteiger partial charge on any atom is 0.291 e. The molecule has 1 fully saturated rings. The van der Waals surface area contributed by atoms with E-state index in [4.69, 9.17) is 16.0 Å². The zero-order chi connectivity index (χ0) is 17.1. The largest absolute Gasteiger partial charge is 0.459 e. The third-order valence-electron chi connectivity index (χ3n) is 4.11. The van der Waals surface area contributed by atoms with Gasteiger partial charge in [0.2, 0.25) is 0 Å². The molecule has 1 aliphatic rings. The minimum absolute atomic E-state index is 0.125. The van der Waals surface area contributed by atoms with Gasteiger partial charge in [-0.15, -0.1) is 0 Å². The van der Waals surface area contributed by atoms with E-state index in [-0.39, 0.29) is 11.7 Å². The van der Waals surface area contributed by atoms with Gasteiger partial charge in [-0.3, -0.25) is 9.59 Å². The molecule has 24 heavy (non-hydrogen) atoms. The molecular formula is C17H19ClN3O3+. The number of nitrogens with zero attached hydrogens (tertiary/aromatic N) is 1. The van der Waals surface area contributed by atoms with Crippen LogP contribution < -0.4 is 10.2 Å². The van der Waals surface area contributed by atoms with E-state index in [1.165, 1.54) is 11.2 Å². The topological polar surface area (TPSA) is 67.0 Å². The van der Waals surface area contributed by atoms with Crippen LogP contribution in [0, 0.1) is 0 Å². The highest BCUT2D eigenvalue weighted by molar-refractivity contribution is 6.31. The Morgan fingerprint density at radius 1 is 1.25 bits per heavy atom. The molecule has 6 nitrogen and oxygen atoms in total. The molecule has 1 aromatic heterocycles. The minimum Gasteiger partial charge on any atom is -0.459 e. The van der Waals surface area contributed by atoms with Crippen LogP contribution in [-0.2, 0) is 0 Å². The van der Waals surface area contributed by atoms with Crippen molar-refractivity contribution in [2.45, 2.75) is 0 Å². The summed E-state index contributed by atoms with van der Waals surface area (Å²) >= 11 is 6.05. The molecule has 3 rings (SSSR count). The molecule has 7 heteroatoms. The standard InChI is InChI=1S/C17H18ClN3O3/c1-20-6-8-21(9-7-20)17(23)13-11-12(18)4-5-14(13)19-16(22)15-3-2-10-24-15/h2-5,10-11H,6-9H2,1H3,(H,19,22)/p+1. The van der Waals surface area contributed by atoms with Crippen molar-refractivity contribution in [1.29, 1.82) is 0 Å². The summed E-state index contributed by atoms with van der Waals surface area (Å²) in [4.78, 5) is 28.2. The summed E-state index contributed by atoms with van der Waals surface area (Å²) in [5.41, 5.74) is 0.819. The van der Waals surface area contributed by atoms with Crippen molar-refractivity contribution in [3.8, 4) is 0 Å². The molecule has 0 saturated carbocycles. The highest BCUT2D eigenvalue weighted by atomic mass is 35.5. The van der Waals surface area contributed by atoms with Crippen molar-refractivity contribution >= 4 is 29.1 Å². The van der Waals surface area contributed by atoms with Gasteiger partial charge in [0.15, 0.2) is 5.76 Å². The zero-order valence-electron chi connectivity index (χ0n) is 13.3. The molecule has 0 aliphatic carbocycles. The number of anilines is 1. The third kappa shape index (κ3) is 3.60. The Bertz CT molecular complexity index is 738. The molecule has 1 aliphatic heterocycles. The molecule has 0 unspecified atom stereocenters. The fraction of sp³-hybridized carbons (Fsp3) is 0.294. The van der Waals surface area contributed by atoms with E-state index in [0.29, 0.717) is 29.4 Å². The summed E-state index contributed by atoms with van der Waals surface area (Å²) in [5, 5.41) is 3.18. The number of halogens is 1. The van der Waals surface area contributed by atoms with Crippen LogP contribution in [0.15, 0.2) is 41.0 Å². The molecule has 2 N–H and O–H groups in total. The van der Waals surface area contributed by atoms with Gasteiger partial charge in [0.05, 0.1) is 50.7 Å². The van der Waals surface area contributed by atoms with Crippen molar-refractivity contribution in [2.24, 2.45) is 0 Å². The Morgan fingerprint density at radius 2 is 2.00 bits per heavy atom. The number of likely N-dealkylation sites (N-methyl/N-ethyl adjacent to an activating group) is 1. The third-order valence-corrected chi connectivity index (χ3v) is 4.34. The van der Waals surface area contributed by atoms with E-state index in [9.17, 15) is 9.59 Å². The van der Waals surface area contributed by atoms with Gasteiger partial charge >= 0.3 is 0 Å². The predicted octanol–water partition coefficient (Wildman–Crippen LogP) is 1.16. The van der Waals surface area contributed by atoms with Crippen molar-refractivity contribution in [3.63, 3.8) is 0 Å². The van der Waals surface area contributed by atoms with Crippen LogP contribution in [-0.4, -0.2) is 49.9 Å². The van der Waals surface area contributed by atoms with Crippen LogP contribution in [0.25, 0.3) is 0 Å². The Hall–Kier alpha value is -2.31. The maximum atomic E-state index is 12.8. The number of hydrogen-bond donors (Lipinski definition) is 2. The zero-order valence-corrected chi connectivity index (χ0v) is 14.1. The van der Waals surface area contributed by atoms with Crippen molar-refractivity contribution in [1.82, 2.24) is 4.90 Å². The van der Waals surface area contributed by atoms with Gasteiger partial charge in [0.1, 0.15) is 0 Å². The fourth-order valence-corrected chi connectivity index (χ4v) is 2.83. The van der Waals surface area contributed by atoms with Crippen LogP contribution in [0.1, 0.15) is 20.9 Å². The number of nitrogens with one attached hydrogen (secondary N) is 2. The first-order valence-electron chi connectivity index (χ1n) is 7.79. The van der Waals surface area contributed by atoms with E-state index in [2.05, 4.69) is 12.4 Å². The monoisotopic (exact) mass is 348 g/mol. The molecule has 0 bridgehead atoms. The van der Waals surface area contributed by atoms with Gasteiger partial charge in [-0.05, 0) is 30.3 Å². The van der Waals surface area contributed by atoms with Gasteiger partial charge in [0, 0.05) is 5.02 Å². The normalized spacial score (nSPS) is 15.3. The smallest absolute Gasteiger partial charge is 0.291 e. The van der Waals surface area contributed by atoms with Crippen molar-refractivity contribution < 1.29 is 18.9 Å². The summed E-state index contributed by atoms with van der Waals surface area (Å²) in [6, 6.07) is 8.07. The predicted molar refractivity (Wildman–Crippen MR) is 90.6 cm³/mol. The van der Waals surface area contributed by atoms with Crippen LogP contribution in [0.4, 0.5) is 5.69 Å². The highest BCUT2D eigenvalue weighted by Crippen LogP contribution is 2.23. The summed E-state index contributed by atoms with van der Waals surface area (Å²) in [6.07, 6.45) is 1.43. The van der Waals surface area contributed by atoms with Gasteiger partial charge in [-0.25, -0.2) is 0 Å². The summed E-state index contributed by atoms with van der Waals surface area (Å²) in [5.74, 6) is -0.342. The molecule has 0 radical (unpaired) electrons. The van der Waals surface area contributed by atoms with E-state index < -0.39 is 5.91 Å². The first-order valence-corrected chi connectivity index (χ1v) is 8.17. The quantitative estimate of drug-likeness (QED) is 0.874. The van der Waals surface area contributed by atoms with E-state index in [1.54, 1.807) is 35.2 Å². The van der Waals surface area contributed by atoms with Crippen molar-refractivity contribution in [3.05, 3.63) is 52.9 Å². The molecule has 2 amide bonds. The van der Waals surface area contributed by atoms with Crippen molar-refractivity contribution in [2.75, 3.05) is 38.5 Å². The van der Waals surface area contributed by atoms with Gasteiger partial charge in [-0.1, -0.05) is 11.6 Å². The summed E-state index contributed by atoms with van der Waals surface area (Å²) < 4.78 is 5.08.